The van der Waals surface area contributed by atoms with Gasteiger partial charge in [-0.05, 0) is 45.0 Å². The second-order valence-corrected chi connectivity index (χ2v) is 7.29. The number of nitrogens with zero attached hydrogens (tertiary/aromatic N) is 1. The molecule has 4 aromatic rings. The highest BCUT2D eigenvalue weighted by Crippen LogP contribution is 2.41. The third-order valence-electron chi connectivity index (χ3n) is 5.24. The predicted molar refractivity (Wildman–Crippen MR) is 126 cm³/mol. The van der Waals surface area contributed by atoms with Crippen LogP contribution in [0, 0.1) is 6.92 Å². The molecule has 1 aromatic heterocycles. The van der Waals surface area contributed by atoms with E-state index in [4.69, 9.17) is 13.9 Å². The zero-order valence-corrected chi connectivity index (χ0v) is 18.5. The fraction of sp³-hybridized carbons (Fsp3) is 0.192. The largest absolute Gasteiger partial charge is 0.507 e. The van der Waals surface area contributed by atoms with E-state index in [1.165, 1.54) is 6.21 Å². The lowest BCUT2D eigenvalue weighted by atomic mass is 9.98. The van der Waals surface area contributed by atoms with Crippen molar-refractivity contribution in [3.63, 3.8) is 0 Å². The number of furan rings is 1. The Bertz CT molecular complexity index is 1380. The Morgan fingerprint density at radius 1 is 0.970 bits per heavy atom. The van der Waals surface area contributed by atoms with Crippen molar-refractivity contribution < 1.29 is 28.6 Å². The van der Waals surface area contributed by atoms with E-state index in [2.05, 4.69) is 4.99 Å². The van der Waals surface area contributed by atoms with Crippen LogP contribution in [0.5, 0.6) is 5.75 Å². The number of carbonyl (C=O) groups is 2. The van der Waals surface area contributed by atoms with E-state index in [1.807, 2.05) is 18.2 Å². The zero-order valence-electron chi connectivity index (χ0n) is 18.5. The van der Waals surface area contributed by atoms with Gasteiger partial charge in [-0.2, -0.15) is 0 Å². The first kappa shape index (κ1) is 22.1. The Hall–Kier alpha value is -4.13. The SMILES string of the molecule is CCOC(=O)c1ccc(N=Cc2c(O)c3ccccc3c3oc(C)c(C(=O)OCC)c23)cc1. The second kappa shape index (κ2) is 9.16. The number of aromatic hydroxyl groups is 1. The first-order valence-corrected chi connectivity index (χ1v) is 10.6. The minimum Gasteiger partial charge on any atom is -0.507 e. The number of carbonyl (C=O) groups excluding carboxylic acids is 2. The number of benzene rings is 3. The molecule has 7 nitrogen and oxygen atoms in total. The molecule has 0 atom stereocenters. The maximum atomic E-state index is 12.7. The number of phenols is 1. The van der Waals surface area contributed by atoms with Crippen LogP contribution < -0.4 is 0 Å². The molecule has 0 aliphatic rings. The number of phenolic OH excluding ortho intramolecular Hbond substituents is 1. The Balaban J connectivity index is 1.87. The van der Waals surface area contributed by atoms with Crippen LogP contribution in [0.3, 0.4) is 0 Å². The number of rotatable bonds is 6. The van der Waals surface area contributed by atoms with Gasteiger partial charge in [0.15, 0.2) is 0 Å². The number of hydrogen-bond donors (Lipinski definition) is 1. The fourth-order valence-corrected chi connectivity index (χ4v) is 3.75. The van der Waals surface area contributed by atoms with Gasteiger partial charge in [-0.25, -0.2) is 9.59 Å². The molecule has 0 radical (unpaired) electrons. The van der Waals surface area contributed by atoms with Crippen LogP contribution in [-0.4, -0.2) is 36.5 Å². The van der Waals surface area contributed by atoms with Gasteiger partial charge in [-0.1, -0.05) is 24.3 Å². The zero-order chi connectivity index (χ0) is 23.5. The number of hydrogen-bond acceptors (Lipinski definition) is 7. The number of aliphatic imine (C=N–C) groups is 1. The van der Waals surface area contributed by atoms with Crippen molar-refractivity contribution in [2.45, 2.75) is 20.8 Å². The van der Waals surface area contributed by atoms with Crippen LogP contribution in [0.2, 0.25) is 0 Å². The molecule has 1 N–H and O–H groups in total. The number of fused-ring (bicyclic) bond motifs is 3. The molecule has 1 heterocycles. The second-order valence-electron chi connectivity index (χ2n) is 7.29. The molecule has 0 saturated heterocycles. The predicted octanol–water partition coefficient (Wildman–Crippen LogP) is 5.70. The third-order valence-corrected chi connectivity index (χ3v) is 5.24. The molecule has 0 saturated carbocycles. The minimum atomic E-state index is -0.531. The van der Waals surface area contributed by atoms with Crippen molar-refractivity contribution in [2.24, 2.45) is 4.99 Å². The first-order valence-electron chi connectivity index (χ1n) is 10.6. The summed E-state index contributed by atoms with van der Waals surface area (Å²) in [7, 11) is 0. The van der Waals surface area contributed by atoms with Crippen LogP contribution in [0.25, 0.3) is 21.7 Å². The van der Waals surface area contributed by atoms with Gasteiger partial charge in [-0.15, -0.1) is 0 Å². The van der Waals surface area contributed by atoms with E-state index < -0.39 is 11.9 Å². The normalized spacial score (nSPS) is 11.4. The smallest absolute Gasteiger partial charge is 0.342 e. The number of esters is 2. The van der Waals surface area contributed by atoms with Gasteiger partial charge in [0, 0.05) is 27.9 Å². The lowest BCUT2D eigenvalue weighted by Gasteiger charge is -2.08. The van der Waals surface area contributed by atoms with E-state index in [-0.39, 0.29) is 17.9 Å². The monoisotopic (exact) mass is 445 g/mol. The van der Waals surface area contributed by atoms with Crippen molar-refractivity contribution in [1.29, 1.82) is 0 Å². The molecule has 0 aliphatic carbocycles. The van der Waals surface area contributed by atoms with Gasteiger partial charge in [0.1, 0.15) is 22.7 Å². The van der Waals surface area contributed by atoms with Gasteiger partial charge in [-0.3, -0.25) is 4.99 Å². The lowest BCUT2D eigenvalue weighted by molar-refractivity contribution is 0.0516. The van der Waals surface area contributed by atoms with E-state index in [1.54, 1.807) is 51.1 Å². The van der Waals surface area contributed by atoms with Crippen molar-refractivity contribution in [2.75, 3.05) is 13.2 Å². The molecule has 0 spiro atoms. The highest BCUT2D eigenvalue weighted by atomic mass is 16.5. The lowest BCUT2D eigenvalue weighted by Crippen LogP contribution is -2.06. The summed E-state index contributed by atoms with van der Waals surface area (Å²) < 4.78 is 16.2. The molecule has 7 heteroatoms. The van der Waals surface area contributed by atoms with Crippen LogP contribution in [0.1, 0.15) is 45.9 Å². The molecule has 0 unspecified atom stereocenters. The highest BCUT2D eigenvalue weighted by molar-refractivity contribution is 6.21. The van der Waals surface area contributed by atoms with Gasteiger partial charge >= 0.3 is 11.9 Å². The maximum Gasteiger partial charge on any atom is 0.342 e. The molecule has 0 fully saturated rings. The molecule has 0 bridgehead atoms. The average molecular weight is 445 g/mol. The summed E-state index contributed by atoms with van der Waals surface area (Å²) >= 11 is 0. The van der Waals surface area contributed by atoms with Gasteiger partial charge in [0.25, 0.3) is 0 Å². The van der Waals surface area contributed by atoms with Crippen LogP contribution in [0.4, 0.5) is 5.69 Å². The summed E-state index contributed by atoms with van der Waals surface area (Å²) in [6, 6.07) is 13.8. The van der Waals surface area contributed by atoms with Crippen molar-refractivity contribution in [1.82, 2.24) is 0 Å². The Labute approximate surface area is 190 Å². The summed E-state index contributed by atoms with van der Waals surface area (Å²) in [5.41, 5.74) is 2.05. The summed E-state index contributed by atoms with van der Waals surface area (Å²) in [6.45, 7) is 5.66. The molecule has 168 valence electrons. The minimum absolute atomic E-state index is 0.0173. The van der Waals surface area contributed by atoms with Crippen LogP contribution in [0.15, 0.2) is 57.9 Å². The molecule has 33 heavy (non-hydrogen) atoms. The summed E-state index contributed by atoms with van der Waals surface area (Å²) in [4.78, 5) is 29.0. The first-order chi connectivity index (χ1) is 16.0. The summed E-state index contributed by atoms with van der Waals surface area (Å²) in [5.74, 6) is -0.560. The van der Waals surface area contributed by atoms with Crippen LogP contribution >= 0.6 is 0 Å². The van der Waals surface area contributed by atoms with E-state index in [0.29, 0.717) is 50.9 Å². The third kappa shape index (κ3) is 4.05. The quantitative estimate of drug-likeness (QED) is 0.302. The van der Waals surface area contributed by atoms with Crippen molar-refractivity contribution in [3.8, 4) is 5.75 Å². The topological polar surface area (TPSA) is 98.3 Å². The van der Waals surface area contributed by atoms with E-state index in [0.717, 1.165) is 0 Å². The molecule has 0 aliphatic heterocycles. The maximum absolute atomic E-state index is 12.7. The summed E-state index contributed by atoms with van der Waals surface area (Å²) in [6.07, 6.45) is 1.49. The van der Waals surface area contributed by atoms with Gasteiger partial charge < -0.3 is 19.0 Å². The Morgan fingerprint density at radius 3 is 2.27 bits per heavy atom. The van der Waals surface area contributed by atoms with E-state index >= 15 is 0 Å². The Morgan fingerprint density at radius 2 is 1.61 bits per heavy atom. The molecular formula is C26H23NO6. The molecule has 4 rings (SSSR count). The number of ether oxygens (including phenoxy) is 2. The average Bonchev–Trinajstić information content (AvgIpc) is 3.17. The Kier molecular flexibility index (Phi) is 6.13. The highest BCUT2D eigenvalue weighted by Gasteiger charge is 2.26. The van der Waals surface area contributed by atoms with Gasteiger partial charge in [0.2, 0.25) is 0 Å². The molecular weight excluding hydrogens is 422 g/mol. The molecule has 0 amide bonds. The fourth-order valence-electron chi connectivity index (χ4n) is 3.75. The summed E-state index contributed by atoms with van der Waals surface area (Å²) in [5, 5.41) is 12.8. The van der Waals surface area contributed by atoms with Gasteiger partial charge in [0.05, 0.1) is 24.5 Å². The molecule has 3 aromatic carbocycles. The van der Waals surface area contributed by atoms with Crippen molar-refractivity contribution >= 4 is 45.6 Å². The van der Waals surface area contributed by atoms with E-state index in [9.17, 15) is 14.7 Å². The number of aryl methyl sites for hydroxylation is 1. The van der Waals surface area contributed by atoms with Crippen molar-refractivity contribution in [3.05, 3.63) is 71.0 Å². The standard InChI is InChI=1S/C26H23NO6/c1-4-31-25(29)16-10-12-17(13-11-16)27-14-20-22-21(26(30)32-5-2)15(3)33-24(22)19-9-7-6-8-18(19)23(20)28/h6-14,28H,4-5H2,1-3H3. The van der Waals surface area contributed by atoms with Crippen LogP contribution in [-0.2, 0) is 9.47 Å².